The quantitative estimate of drug-likeness (QED) is 0.819. The summed E-state index contributed by atoms with van der Waals surface area (Å²) in [7, 11) is 1.89. The first kappa shape index (κ1) is 13.5. The number of hydrogen-bond acceptors (Lipinski definition) is 3. The highest BCUT2D eigenvalue weighted by atomic mass is 32.1. The lowest BCUT2D eigenvalue weighted by Crippen LogP contribution is -2.27. The van der Waals surface area contributed by atoms with E-state index >= 15 is 0 Å². The summed E-state index contributed by atoms with van der Waals surface area (Å²) in [6, 6.07) is 0. The second kappa shape index (κ2) is 6.32. The Bertz CT molecular complexity index is 396. The van der Waals surface area contributed by atoms with Crippen LogP contribution in [0.4, 0.5) is 0 Å². The number of thiazole rings is 1. The number of amides is 1. The van der Waals surface area contributed by atoms with E-state index in [0.717, 1.165) is 17.8 Å². The number of nitrogens with zero attached hydrogens (tertiary/aromatic N) is 2. The molecule has 1 aromatic heterocycles. The van der Waals surface area contributed by atoms with E-state index in [1.165, 1.54) is 30.6 Å². The minimum absolute atomic E-state index is 0.273. The Morgan fingerprint density at radius 3 is 2.83 bits per heavy atom. The molecule has 1 fully saturated rings. The molecule has 0 atom stereocenters. The van der Waals surface area contributed by atoms with Crippen LogP contribution in [0.15, 0.2) is 6.20 Å². The molecule has 0 aromatic carbocycles. The van der Waals surface area contributed by atoms with Crippen molar-refractivity contribution < 1.29 is 4.79 Å². The lowest BCUT2D eigenvalue weighted by Gasteiger charge is -2.18. The number of aromatic nitrogens is 1. The number of carbonyl (C=O) groups excluding carboxylic acids is 1. The summed E-state index contributed by atoms with van der Waals surface area (Å²) in [6.07, 6.45) is 8.74. The molecule has 1 amide bonds. The fourth-order valence-corrected chi connectivity index (χ4v) is 3.41. The molecule has 0 radical (unpaired) electrons. The van der Waals surface area contributed by atoms with Crippen LogP contribution in [0.2, 0.25) is 0 Å². The van der Waals surface area contributed by atoms with Crippen LogP contribution < -0.4 is 0 Å². The van der Waals surface area contributed by atoms with Crippen molar-refractivity contribution in [3.63, 3.8) is 0 Å². The standard InChI is InChI=1S/C14H22N2OS/c1-3-12-9-15-13(18-12)10-16(2)14(17)8-11-6-4-5-7-11/h9,11H,3-8,10H2,1-2H3. The smallest absolute Gasteiger partial charge is 0.222 e. The van der Waals surface area contributed by atoms with Gasteiger partial charge >= 0.3 is 0 Å². The number of hydrogen-bond donors (Lipinski definition) is 0. The molecule has 0 saturated heterocycles. The molecule has 1 heterocycles. The van der Waals surface area contributed by atoms with Crippen LogP contribution >= 0.6 is 11.3 Å². The van der Waals surface area contributed by atoms with Crippen molar-refractivity contribution in [3.8, 4) is 0 Å². The largest absolute Gasteiger partial charge is 0.339 e. The molecule has 100 valence electrons. The molecule has 0 unspecified atom stereocenters. The van der Waals surface area contributed by atoms with Crippen molar-refractivity contribution in [2.45, 2.75) is 52.0 Å². The van der Waals surface area contributed by atoms with Crippen molar-refractivity contribution >= 4 is 17.2 Å². The number of rotatable bonds is 5. The van der Waals surface area contributed by atoms with Gasteiger partial charge < -0.3 is 4.90 Å². The van der Waals surface area contributed by atoms with Gasteiger partial charge in [0.05, 0.1) is 6.54 Å². The maximum Gasteiger partial charge on any atom is 0.222 e. The summed E-state index contributed by atoms with van der Waals surface area (Å²) < 4.78 is 0. The molecule has 18 heavy (non-hydrogen) atoms. The minimum atomic E-state index is 0.273. The predicted octanol–water partition coefficient (Wildman–Crippen LogP) is 3.24. The highest BCUT2D eigenvalue weighted by molar-refractivity contribution is 7.11. The van der Waals surface area contributed by atoms with Gasteiger partial charge in [0.15, 0.2) is 0 Å². The van der Waals surface area contributed by atoms with E-state index in [4.69, 9.17) is 0 Å². The maximum atomic E-state index is 12.1. The molecule has 0 N–H and O–H groups in total. The van der Waals surface area contributed by atoms with E-state index in [1.54, 1.807) is 11.3 Å². The summed E-state index contributed by atoms with van der Waals surface area (Å²) >= 11 is 1.72. The molecule has 0 spiro atoms. The van der Waals surface area contributed by atoms with Crippen molar-refractivity contribution in [1.29, 1.82) is 0 Å². The molecular weight excluding hydrogens is 244 g/mol. The highest BCUT2D eigenvalue weighted by Crippen LogP contribution is 2.28. The van der Waals surface area contributed by atoms with E-state index < -0.39 is 0 Å². The predicted molar refractivity (Wildman–Crippen MR) is 74.5 cm³/mol. The molecule has 0 bridgehead atoms. The average molecular weight is 266 g/mol. The molecule has 0 aliphatic heterocycles. The molecule has 1 aromatic rings. The van der Waals surface area contributed by atoms with Gasteiger partial charge in [-0.15, -0.1) is 11.3 Å². The van der Waals surface area contributed by atoms with Gasteiger partial charge in [-0.25, -0.2) is 4.98 Å². The Balaban J connectivity index is 1.82. The Labute approximate surface area is 113 Å². The topological polar surface area (TPSA) is 33.2 Å². The Morgan fingerprint density at radius 1 is 1.50 bits per heavy atom. The van der Waals surface area contributed by atoms with Crippen molar-refractivity contribution in [2.75, 3.05) is 7.05 Å². The maximum absolute atomic E-state index is 12.1. The highest BCUT2D eigenvalue weighted by Gasteiger charge is 2.20. The van der Waals surface area contributed by atoms with Crippen LogP contribution in [0.1, 0.15) is 48.9 Å². The van der Waals surface area contributed by atoms with Gasteiger partial charge in [-0.05, 0) is 25.2 Å². The fraction of sp³-hybridized carbons (Fsp3) is 0.714. The number of carbonyl (C=O) groups is 1. The van der Waals surface area contributed by atoms with Gasteiger partial charge in [0.1, 0.15) is 5.01 Å². The van der Waals surface area contributed by atoms with Gasteiger partial charge in [0, 0.05) is 24.5 Å². The van der Waals surface area contributed by atoms with Crippen LogP contribution in [0, 0.1) is 5.92 Å². The zero-order valence-corrected chi connectivity index (χ0v) is 12.1. The molecule has 2 rings (SSSR count). The van der Waals surface area contributed by atoms with Gasteiger partial charge in [0.2, 0.25) is 5.91 Å². The second-order valence-electron chi connectivity index (χ2n) is 5.18. The third-order valence-electron chi connectivity index (χ3n) is 3.69. The zero-order chi connectivity index (χ0) is 13.0. The average Bonchev–Trinajstić information content (AvgIpc) is 3.00. The summed E-state index contributed by atoms with van der Waals surface area (Å²) in [4.78, 5) is 19.6. The van der Waals surface area contributed by atoms with Crippen molar-refractivity contribution in [2.24, 2.45) is 5.92 Å². The summed E-state index contributed by atoms with van der Waals surface area (Å²) in [5, 5.41) is 1.05. The van der Waals surface area contributed by atoms with E-state index in [1.807, 2.05) is 18.1 Å². The molecule has 1 saturated carbocycles. The van der Waals surface area contributed by atoms with Crippen LogP contribution in [0.3, 0.4) is 0 Å². The first-order chi connectivity index (χ1) is 8.69. The van der Waals surface area contributed by atoms with Gasteiger partial charge in [-0.3, -0.25) is 4.79 Å². The van der Waals surface area contributed by atoms with E-state index in [0.29, 0.717) is 12.5 Å². The van der Waals surface area contributed by atoms with Gasteiger partial charge in [-0.2, -0.15) is 0 Å². The lowest BCUT2D eigenvalue weighted by atomic mass is 10.0. The summed E-state index contributed by atoms with van der Waals surface area (Å²) in [5.41, 5.74) is 0. The van der Waals surface area contributed by atoms with Crippen LogP contribution in [0.5, 0.6) is 0 Å². The van der Waals surface area contributed by atoms with Gasteiger partial charge in [0.25, 0.3) is 0 Å². The molecule has 1 aliphatic carbocycles. The van der Waals surface area contributed by atoms with Crippen molar-refractivity contribution in [1.82, 2.24) is 9.88 Å². The third kappa shape index (κ3) is 3.55. The SMILES string of the molecule is CCc1cnc(CN(C)C(=O)CC2CCCC2)s1. The van der Waals surface area contributed by atoms with Crippen LogP contribution in [-0.2, 0) is 17.8 Å². The van der Waals surface area contributed by atoms with Crippen molar-refractivity contribution in [3.05, 3.63) is 16.1 Å². The second-order valence-corrected chi connectivity index (χ2v) is 6.38. The van der Waals surface area contributed by atoms with Crippen LogP contribution in [-0.4, -0.2) is 22.8 Å². The molecule has 4 heteroatoms. The van der Waals surface area contributed by atoms with E-state index in [9.17, 15) is 4.79 Å². The first-order valence-corrected chi connectivity index (χ1v) is 7.68. The Kier molecular flexibility index (Phi) is 4.75. The normalized spacial score (nSPS) is 16.1. The van der Waals surface area contributed by atoms with Crippen LogP contribution in [0.25, 0.3) is 0 Å². The Morgan fingerprint density at radius 2 is 2.22 bits per heavy atom. The first-order valence-electron chi connectivity index (χ1n) is 6.86. The van der Waals surface area contributed by atoms with E-state index in [-0.39, 0.29) is 5.91 Å². The molecular formula is C14H22N2OS. The fourth-order valence-electron chi connectivity index (χ4n) is 2.49. The molecule has 3 nitrogen and oxygen atoms in total. The Hall–Kier alpha value is -0.900. The molecule has 1 aliphatic rings. The summed E-state index contributed by atoms with van der Waals surface area (Å²) in [5.74, 6) is 0.901. The summed E-state index contributed by atoms with van der Waals surface area (Å²) in [6.45, 7) is 2.79. The van der Waals surface area contributed by atoms with E-state index in [2.05, 4.69) is 11.9 Å². The number of aryl methyl sites for hydroxylation is 1. The lowest BCUT2D eigenvalue weighted by molar-refractivity contribution is -0.131. The van der Waals surface area contributed by atoms with Gasteiger partial charge in [-0.1, -0.05) is 19.8 Å². The monoisotopic (exact) mass is 266 g/mol. The minimum Gasteiger partial charge on any atom is -0.339 e. The zero-order valence-electron chi connectivity index (χ0n) is 11.3. The third-order valence-corrected chi connectivity index (χ3v) is 4.81.